The first-order chi connectivity index (χ1) is 7.65. The van der Waals surface area contributed by atoms with Gasteiger partial charge in [0, 0.05) is 10.9 Å². The summed E-state index contributed by atoms with van der Waals surface area (Å²) in [6.45, 7) is 6.55. The van der Waals surface area contributed by atoms with E-state index in [4.69, 9.17) is 0 Å². The summed E-state index contributed by atoms with van der Waals surface area (Å²) in [4.78, 5) is 4.52. The molecule has 0 aliphatic rings. The van der Waals surface area contributed by atoms with Gasteiger partial charge in [-0.3, -0.25) is 0 Å². The van der Waals surface area contributed by atoms with Crippen molar-refractivity contribution in [2.45, 2.75) is 27.2 Å². The van der Waals surface area contributed by atoms with Crippen molar-refractivity contribution in [1.82, 2.24) is 4.98 Å². The summed E-state index contributed by atoms with van der Waals surface area (Å²) < 4.78 is 0. The Balaban J connectivity index is 2.28. The van der Waals surface area contributed by atoms with Gasteiger partial charge in [-0.25, -0.2) is 4.98 Å². The van der Waals surface area contributed by atoms with Crippen molar-refractivity contribution in [2.75, 3.05) is 0 Å². The zero-order valence-corrected chi connectivity index (χ0v) is 10.8. The quantitative estimate of drug-likeness (QED) is 0.766. The van der Waals surface area contributed by atoms with Crippen LogP contribution in [0.5, 0.6) is 0 Å². The summed E-state index contributed by atoms with van der Waals surface area (Å²) in [6.07, 6.45) is 1.14. The molecule has 0 saturated heterocycles. The van der Waals surface area contributed by atoms with E-state index in [1.165, 1.54) is 11.1 Å². The van der Waals surface area contributed by atoms with Crippen LogP contribution in [0.15, 0.2) is 29.6 Å². The van der Waals surface area contributed by atoms with E-state index in [1.54, 1.807) is 11.3 Å². The van der Waals surface area contributed by atoms with Crippen molar-refractivity contribution in [1.29, 1.82) is 0 Å². The molecule has 16 heavy (non-hydrogen) atoms. The standard InChI is InChI=1S/C14H17NS/c1-10(2)7-12-5-4-6-13(8-12)14-9-16-11(3)15-14/h4-6,8-10H,7H2,1-3H3. The first-order valence-electron chi connectivity index (χ1n) is 5.66. The van der Waals surface area contributed by atoms with Crippen molar-refractivity contribution < 1.29 is 0 Å². The van der Waals surface area contributed by atoms with E-state index in [-0.39, 0.29) is 0 Å². The van der Waals surface area contributed by atoms with E-state index < -0.39 is 0 Å². The monoisotopic (exact) mass is 231 g/mol. The number of aromatic nitrogens is 1. The topological polar surface area (TPSA) is 12.9 Å². The third kappa shape index (κ3) is 2.70. The lowest BCUT2D eigenvalue weighted by Gasteiger charge is -2.06. The zero-order chi connectivity index (χ0) is 11.5. The Morgan fingerprint density at radius 1 is 1.31 bits per heavy atom. The van der Waals surface area contributed by atoms with Crippen LogP contribution in [-0.4, -0.2) is 4.98 Å². The largest absolute Gasteiger partial charge is 0.242 e. The van der Waals surface area contributed by atoms with Crippen molar-refractivity contribution in [2.24, 2.45) is 5.92 Å². The number of nitrogens with zero attached hydrogens (tertiary/aromatic N) is 1. The minimum atomic E-state index is 0.701. The lowest BCUT2D eigenvalue weighted by Crippen LogP contribution is -1.93. The maximum Gasteiger partial charge on any atom is 0.0901 e. The van der Waals surface area contributed by atoms with Crippen LogP contribution in [0.4, 0.5) is 0 Å². The fourth-order valence-electron chi connectivity index (χ4n) is 1.83. The minimum Gasteiger partial charge on any atom is -0.242 e. The number of rotatable bonds is 3. The van der Waals surface area contributed by atoms with Crippen LogP contribution in [0.2, 0.25) is 0 Å². The van der Waals surface area contributed by atoms with Gasteiger partial charge in [0.15, 0.2) is 0 Å². The number of thiazole rings is 1. The lowest BCUT2D eigenvalue weighted by atomic mass is 10.0. The highest BCUT2D eigenvalue weighted by Gasteiger charge is 2.04. The summed E-state index contributed by atoms with van der Waals surface area (Å²) in [5, 5.41) is 3.26. The predicted molar refractivity (Wildman–Crippen MR) is 70.8 cm³/mol. The highest BCUT2D eigenvalue weighted by atomic mass is 32.1. The minimum absolute atomic E-state index is 0.701. The molecule has 2 aromatic rings. The molecular weight excluding hydrogens is 214 g/mol. The molecule has 0 saturated carbocycles. The Labute approximate surface area is 101 Å². The molecule has 1 aromatic carbocycles. The van der Waals surface area contributed by atoms with E-state index in [1.807, 2.05) is 6.92 Å². The van der Waals surface area contributed by atoms with Crippen LogP contribution < -0.4 is 0 Å². The number of aryl methyl sites for hydroxylation is 1. The molecule has 1 aromatic heterocycles. The Bertz CT molecular complexity index is 471. The van der Waals surface area contributed by atoms with Gasteiger partial charge in [-0.15, -0.1) is 11.3 Å². The fourth-order valence-corrected chi connectivity index (χ4v) is 2.45. The molecule has 1 nitrogen and oxygen atoms in total. The molecule has 2 heteroatoms. The normalized spacial score (nSPS) is 11.0. The lowest BCUT2D eigenvalue weighted by molar-refractivity contribution is 0.647. The molecule has 0 N–H and O–H groups in total. The van der Waals surface area contributed by atoms with Gasteiger partial charge in [-0.2, -0.15) is 0 Å². The van der Waals surface area contributed by atoms with Crippen molar-refractivity contribution >= 4 is 11.3 Å². The van der Waals surface area contributed by atoms with Crippen molar-refractivity contribution in [3.8, 4) is 11.3 Å². The predicted octanol–water partition coefficient (Wildman–Crippen LogP) is 4.32. The first kappa shape index (κ1) is 11.3. The molecule has 0 aliphatic heterocycles. The van der Waals surface area contributed by atoms with Crippen LogP contribution in [0.3, 0.4) is 0 Å². The molecule has 0 amide bonds. The van der Waals surface area contributed by atoms with Crippen LogP contribution in [0.25, 0.3) is 11.3 Å². The van der Waals surface area contributed by atoms with Gasteiger partial charge < -0.3 is 0 Å². The third-order valence-corrected chi connectivity index (χ3v) is 3.26. The second kappa shape index (κ2) is 4.79. The molecule has 0 bridgehead atoms. The van der Waals surface area contributed by atoms with Gasteiger partial charge in [0.2, 0.25) is 0 Å². The summed E-state index contributed by atoms with van der Waals surface area (Å²) in [5.74, 6) is 0.701. The number of hydrogen-bond acceptors (Lipinski definition) is 2. The summed E-state index contributed by atoms with van der Waals surface area (Å²) in [7, 11) is 0. The van der Waals surface area contributed by atoms with Crippen molar-refractivity contribution in [3.05, 3.63) is 40.2 Å². The maximum atomic E-state index is 4.52. The molecule has 0 aliphatic carbocycles. The summed E-state index contributed by atoms with van der Waals surface area (Å²) in [6, 6.07) is 8.72. The van der Waals surface area contributed by atoms with E-state index in [0.717, 1.165) is 17.1 Å². The van der Waals surface area contributed by atoms with Gasteiger partial charge in [-0.1, -0.05) is 32.0 Å². The second-order valence-electron chi connectivity index (χ2n) is 4.55. The molecule has 0 fully saturated rings. The second-order valence-corrected chi connectivity index (χ2v) is 5.61. The van der Waals surface area contributed by atoms with Crippen LogP contribution in [0, 0.1) is 12.8 Å². The Morgan fingerprint density at radius 3 is 2.75 bits per heavy atom. The van der Waals surface area contributed by atoms with Gasteiger partial charge in [0.25, 0.3) is 0 Å². The van der Waals surface area contributed by atoms with Crippen LogP contribution in [0.1, 0.15) is 24.4 Å². The van der Waals surface area contributed by atoms with Crippen molar-refractivity contribution in [3.63, 3.8) is 0 Å². The molecule has 2 rings (SSSR count). The molecule has 84 valence electrons. The smallest absolute Gasteiger partial charge is 0.0901 e. The van der Waals surface area contributed by atoms with E-state index in [2.05, 4.69) is 48.5 Å². The molecule has 0 spiro atoms. The molecular formula is C14H17NS. The highest BCUT2D eigenvalue weighted by Crippen LogP contribution is 2.23. The SMILES string of the molecule is Cc1nc(-c2cccc(CC(C)C)c2)cs1. The van der Waals surface area contributed by atoms with E-state index in [0.29, 0.717) is 5.92 Å². The summed E-state index contributed by atoms with van der Waals surface area (Å²) >= 11 is 1.71. The summed E-state index contributed by atoms with van der Waals surface area (Å²) in [5.41, 5.74) is 3.74. The van der Waals surface area contributed by atoms with Crippen LogP contribution in [-0.2, 0) is 6.42 Å². The molecule has 1 heterocycles. The first-order valence-corrected chi connectivity index (χ1v) is 6.54. The molecule has 0 atom stereocenters. The van der Waals surface area contributed by atoms with Gasteiger partial charge in [-0.05, 0) is 30.9 Å². The van der Waals surface area contributed by atoms with Gasteiger partial charge >= 0.3 is 0 Å². The maximum absolute atomic E-state index is 4.52. The molecule has 0 unspecified atom stereocenters. The van der Waals surface area contributed by atoms with Crippen LogP contribution >= 0.6 is 11.3 Å². The van der Waals surface area contributed by atoms with Gasteiger partial charge in [0.1, 0.15) is 0 Å². The highest BCUT2D eigenvalue weighted by molar-refractivity contribution is 7.09. The average molecular weight is 231 g/mol. The molecule has 0 radical (unpaired) electrons. The Kier molecular flexibility index (Phi) is 3.39. The number of benzene rings is 1. The Morgan fingerprint density at radius 2 is 2.12 bits per heavy atom. The van der Waals surface area contributed by atoms with E-state index >= 15 is 0 Å². The van der Waals surface area contributed by atoms with E-state index in [9.17, 15) is 0 Å². The zero-order valence-electron chi connectivity index (χ0n) is 10.0. The average Bonchev–Trinajstić information content (AvgIpc) is 2.64. The Hall–Kier alpha value is -1.15. The third-order valence-electron chi connectivity index (χ3n) is 2.49. The fraction of sp³-hybridized carbons (Fsp3) is 0.357. The number of hydrogen-bond donors (Lipinski definition) is 0. The van der Waals surface area contributed by atoms with Gasteiger partial charge in [0.05, 0.1) is 10.7 Å².